The Labute approximate surface area is 322 Å². The lowest BCUT2D eigenvalue weighted by atomic mass is 9.72. The largest absolute Gasteiger partial charge is 0.453 e. The van der Waals surface area contributed by atoms with E-state index < -0.39 is 0 Å². The topological polar surface area (TPSA) is 15.7 Å². The van der Waals surface area contributed by atoms with Gasteiger partial charge in [0.15, 0.2) is 11.5 Å². The molecule has 8 aromatic rings. The van der Waals surface area contributed by atoms with Gasteiger partial charge in [-0.2, -0.15) is 0 Å². The summed E-state index contributed by atoms with van der Waals surface area (Å²) in [4.78, 5) is 4.83. The van der Waals surface area contributed by atoms with E-state index in [0.717, 1.165) is 34.2 Å². The van der Waals surface area contributed by atoms with E-state index in [-0.39, 0.29) is 10.8 Å². The maximum absolute atomic E-state index is 6.44. The molecule has 11 rings (SSSR count). The van der Waals surface area contributed by atoms with Crippen LogP contribution in [0.1, 0.15) is 49.9 Å². The van der Waals surface area contributed by atoms with Crippen molar-refractivity contribution < 1.29 is 4.74 Å². The highest BCUT2D eigenvalue weighted by atomic mass is 16.5. The number of hydrogen-bond donors (Lipinski definition) is 0. The Hall–Kier alpha value is -6.58. The van der Waals surface area contributed by atoms with Crippen molar-refractivity contribution in [3.05, 3.63) is 192 Å². The second kappa shape index (κ2) is 11.5. The fourth-order valence-corrected chi connectivity index (χ4v) is 9.58. The van der Waals surface area contributed by atoms with Crippen molar-refractivity contribution in [2.24, 2.45) is 0 Å². The van der Waals surface area contributed by atoms with Gasteiger partial charge in [-0.05, 0) is 111 Å². The second-order valence-corrected chi connectivity index (χ2v) is 16.2. The van der Waals surface area contributed by atoms with E-state index in [2.05, 4.69) is 201 Å². The monoisotopic (exact) mass is 708 g/mol. The van der Waals surface area contributed by atoms with E-state index in [4.69, 9.17) is 4.74 Å². The van der Waals surface area contributed by atoms with Gasteiger partial charge in [0, 0.05) is 27.6 Å². The predicted molar refractivity (Wildman–Crippen MR) is 229 cm³/mol. The highest BCUT2D eigenvalue weighted by Gasteiger charge is 2.41. The Bertz CT molecular complexity index is 2860. The summed E-state index contributed by atoms with van der Waals surface area (Å²) < 4.78 is 6.44. The summed E-state index contributed by atoms with van der Waals surface area (Å²) in [5.74, 6) is 1.78. The molecule has 3 heteroatoms. The zero-order chi connectivity index (χ0) is 37.1. The minimum atomic E-state index is -0.227. The molecule has 0 saturated heterocycles. The van der Waals surface area contributed by atoms with E-state index in [0.29, 0.717) is 0 Å². The van der Waals surface area contributed by atoms with Gasteiger partial charge in [0.2, 0.25) is 0 Å². The van der Waals surface area contributed by atoms with Crippen LogP contribution in [-0.4, -0.2) is 0 Å². The van der Waals surface area contributed by atoms with E-state index in [1.165, 1.54) is 66.7 Å². The van der Waals surface area contributed by atoms with Crippen LogP contribution < -0.4 is 14.5 Å². The molecule has 8 aromatic carbocycles. The number of para-hydroxylation sites is 3. The van der Waals surface area contributed by atoms with Crippen LogP contribution in [0.4, 0.5) is 34.1 Å². The van der Waals surface area contributed by atoms with Gasteiger partial charge in [-0.25, -0.2) is 0 Å². The van der Waals surface area contributed by atoms with Crippen molar-refractivity contribution in [3.63, 3.8) is 0 Å². The highest BCUT2D eigenvalue weighted by Crippen LogP contribution is 2.60. The number of anilines is 6. The molecular formula is C52H40N2O. The van der Waals surface area contributed by atoms with Crippen LogP contribution in [0.5, 0.6) is 11.5 Å². The van der Waals surface area contributed by atoms with Gasteiger partial charge in [0.25, 0.3) is 0 Å². The summed E-state index contributed by atoms with van der Waals surface area (Å²) in [6.07, 6.45) is 0. The second-order valence-electron chi connectivity index (χ2n) is 16.2. The SMILES string of the molecule is CC1(C)c2ccccc2-c2ccc(N(c3ccc(-c4ccc5c(c4)C(C)(C)c4cccc6c4N5c4ccccc4O6)cc3)c3cccc4ccccc34)cc21. The van der Waals surface area contributed by atoms with E-state index in [9.17, 15) is 0 Å². The third-order valence-electron chi connectivity index (χ3n) is 12.4. The highest BCUT2D eigenvalue weighted by molar-refractivity contribution is 6.00. The minimum Gasteiger partial charge on any atom is -0.453 e. The van der Waals surface area contributed by atoms with Crippen molar-refractivity contribution in [1.29, 1.82) is 0 Å². The third-order valence-corrected chi connectivity index (χ3v) is 12.4. The summed E-state index contributed by atoms with van der Waals surface area (Å²) in [5, 5.41) is 2.45. The van der Waals surface area contributed by atoms with Crippen LogP contribution in [0.15, 0.2) is 170 Å². The lowest BCUT2D eigenvalue weighted by molar-refractivity contribution is 0.471. The van der Waals surface area contributed by atoms with Gasteiger partial charge in [0.05, 0.1) is 22.7 Å². The van der Waals surface area contributed by atoms with Crippen LogP contribution in [0.2, 0.25) is 0 Å². The van der Waals surface area contributed by atoms with Gasteiger partial charge in [-0.1, -0.05) is 137 Å². The zero-order valence-electron chi connectivity index (χ0n) is 31.5. The minimum absolute atomic E-state index is 0.0954. The molecule has 1 aliphatic carbocycles. The van der Waals surface area contributed by atoms with Crippen LogP contribution in [0, 0.1) is 0 Å². The summed E-state index contributed by atoms with van der Waals surface area (Å²) in [7, 11) is 0. The molecule has 0 unspecified atom stereocenters. The zero-order valence-corrected chi connectivity index (χ0v) is 31.5. The average Bonchev–Trinajstić information content (AvgIpc) is 3.45. The number of hydrogen-bond acceptors (Lipinski definition) is 3. The average molecular weight is 709 g/mol. The molecule has 55 heavy (non-hydrogen) atoms. The molecule has 264 valence electrons. The Balaban J connectivity index is 1.03. The summed E-state index contributed by atoms with van der Waals surface area (Å²) >= 11 is 0. The molecular weight excluding hydrogens is 669 g/mol. The first-order valence-corrected chi connectivity index (χ1v) is 19.3. The summed E-state index contributed by atoms with van der Waals surface area (Å²) in [6, 6.07) is 62.2. The molecule has 0 amide bonds. The number of ether oxygens (including phenoxy) is 1. The molecule has 2 heterocycles. The maximum Gasteiger partial charge on any atom is 0.151 e. The van der Waals surface area contributed by atoms with Crippen molar-refractivity contribution in [2.75, 3.05) is 9.80 Å². The third kappa shape index (κ3) is 4.56. The molecule has 0 atom stereocenters. The Morgan fingerprint density at radius 1 is 0.455 bits per heavy atom. The van der Waals surface area contributed by atoms with Crippen LogP contribution in [-0.2, 0) is 10.8 Å². The first-order chi connectivity index (χ1) is 26.8. The Morgan fingerprint density at radius 3 is 2.00 bits per heavy atom. The first kappa shape index (κ1) is 31.9. The fourth-order valence-electron chi connectivity index (χ4n) is 9.58. The van der Waals surface area contributed by atoms with E-state index >= 15 is 0 Å². The predicted octanol–water partition coefficient (Wildman–Crippen LogP) is 14.5. The molecule has 0 aromatic heterocycles. The van der Waals surface area contributed by atoms with Crippen LogP contribution >= 0.6 is 0 Å². The molecule has 0 saturated carbocycles. The van der Waals surface area contributed by atoms with Crippen LogP contribution in [0.25, 0.3) is 33.0 Å². The lowest BCUT2D eigenvalue weighted by Gasteiger charge is -2.45. The molecule has 0 bridgehead atoms. The van der Waals surface area contributed by atoms with Gasteiger partial charge < -0.3 is 14.5 Å². The molecule has 0 radical (unpaired) electrons. The quantitative estimate of drug-likeness (QED) is 0.181. The number of fused-ring (bicyclic) bond motifs is 8. The number of rotatable bonds is 4. The summed E-state index contributed by atoms with van der Waals surface area (Å²) in [5.41, 5.74) is 16.9. The van der Waals surface area contributed by atoms with Crippen molar-refractivity contribution >= 4 is 44.9 Å². The van der Waals surface area contributed by atoms with E-state index in [1.54, 1.807) is 0 Å². The Morgan fingerprint density at radius 2 is 1.11 bits per heavy atom. The van der Waals surface area contributed by atoms with Crippen molar-refractivity contribution in [3.8, 4) is 33.8 Å². The number of nitrogens with zero attached hydrogens (tertiary/aromatic N) is 2. The lowest BCUT2D eigenvalue weighted by Crippen LogP contribution is -2.32. The van der Waals surface area contributed by atoms with Gasteiger partial charge in [-0.15, -0.1) is 0 Å². The van der Waals surface area contributed by atoms with Crippen LogP contribution in [0.3, 0.4) is 0 Å². The summed E-state index contributed by atoms with van der Waals surface area (Å²) in [6.45, 7) is 9.39. The molecule has 3 aliphatic rings. The normalized spacial score (nSPS) is 14.9. The van der Waals surface area contributed by atoms with Gasteiger partial charge in [0.1, 0.15) is 0 Å². The van der Waals surface area contributed by atoms with E-state index in [1.807, 2.05) is 6.07 Å². The standard InChI is InChI=1S/C52H40N2O/c1-51(2)41-17-8-7-16-39(41)40-29-28-37(32-43(40)51)53(45-20-11-14-34-13-5-6-15-38(34)45)36-26-23-33(24-27-36)35-25-30-46-44(31-35)52(3,4)42-18-12-22-49-50(42)54(46)47-19-9-10-21-48(47)55-49/h5-32H,1-4H3. The molecule has 0 N–H and O–H groups in total. The van der Waals surface area contributed by atoms with Crippen molar-refractivity contribution in [2.45, 2.75) is 38.5 Å². The molecule has 3 nitrogen and oxygen atoms in total. The van der Waals surface area contributed by atoms with Gasteiger partial charge >= 0.3 is 0 Å². The fraction of sp³-hybridized carbons (Fsp3) is 0.115. The number of benzene rings is 8. The Kier molecular flexibility index (Phi) is 6.65. The molecule has 0 fully saturated rings. The van der Waals surface area contributed by atoms with Gasteiger partial charge in [-0.3, -0.25) is 0 Å². The smallest absolute Gasteiger partial charge is 0.151 e. The maximum atomic E-state index is 6.44. The van der Waals surface area contributed by atoms with Crippen molar-refractivity contribution in [1.82, 2.24) is 0 Å². The molecule has 2 aliphatic heterocycles. The molecule has 0 spiro atoms. The first-order valence-electron chi connectivity index (χ1n) is 19.3.